The lowest BCUT2D eigenvalue weighted by atomic mass is 9.81. The van der Waals surface area contributed by atoms with Crippen LogP contribution in [0.25, 0.3) is 0 Å². The Bertz CT molecular complexity index is 527. The maximum atomic E-state index is 10.1. The van der Waals surface area contributed by atoms with Gasteiger partial charge in [-0.05, 0) is 60.3 Å². The van der Waals surface area contributed by atoms with Crippen molar-refractivity contribution in [1.82, 2.24) is 9.78 Å². The van der Waals surface area contributed by atoms with E-state index in [4.69, 9.17) is 9.31 Å². The van der Waals surface area contributed by atoms with Crippen molar-refractivity contribution in [1.29, 1.82) is 0 Å². The first-order chi connectivity index (χ1) is 10.1. The second-order valence-electron chi connectivity index (χ2n) is 8.07. The van der Waals surface area contributed by atoms with Crippen LogP contribution in [0.15, 0.2) is 12.4 Å². The van der Waals surface area contributed by atoms with Gasteiger partial charge >= 0.3 is 7.12 Å². The molecule has 0 bridgehead atoms. The van der Waals surface area contributed by atoms with E-state index in [0.717, 1.165) is 31.1 Å². The summed E-state index contributed by atoms with van der Waals surface area (Å²) >= 11 is 0. The van der Waals surface area contributed by atoms with Crippen LogP contribution in [0.2, 0.25) is 0 Å². The molecule has 6 heteroatoms. The molecule has 1 saturated heterocycles. The third kappa shape index (κ3) is 2.84. The third-order valence-corrected chi connectivity index (χ3v) is 5.55. The first-order valence-electron chi connectivity index (χ1n) is 8.22. The fraction of sp³-hybridized carbons (Fsp3) is 0.812. The van der Waals surface area contributed by atoms with Crippen molar-refractivity contribution in [3.8, 4) is 0 Å². The largest absolute Gasteiger partial charge is 0.498 e. The van der Waals surface area contributed by atoms with E-state index in [0.29, 0.717) is 6.04 Å². The number of hydrogen-bond acceptors (Lipinski definition) is 4. The lowest BCUT2D eigenvalue weighted by Gasteiger charge is -2.33. The zero-order valence-electron chi connectivity index (χ0n) is 14.3. The molecule has 22 heavy (non-hydrogen) atoms. The lowest BCUT2D eigenvalue weighted by molar-refractivity contribution is 0.00578. The average molecular weight is 306 g/mol. The molecule has 1 aromatic rings. The van der Waals surface area contributed by atoms with E-state index in [2.05, 4.69) is 32.8 Å². The van der Waals surface area contributed by atoms with Crippen LogP contribution in [0, 0.1) is 0 Å². The Morgan fingerprint density at radius 1 is 1.14 bits per heavy atom. The zero-order valence-corrected chi connectivity index (χ0v) is 14.3. The summed E-state index contributed by atoms with van der Waals surface area (Å²) in [5, 5.41) is 14.6. The number of aliphatic hydroxyl groups is 1. The van der Waals surface area contributed by atoms with Gasteiger partial charge in [-0.3, -0.25) is 4.68 Å². The van der Waals surface area contributed by atoms with Gasteiger partial charge in [-0.15, -0.1) is 0 Å². The van der Waals surface area contributed by atoms with E-state index in [1.165, 1.54) is 0 Å². The van der Waals surface area contributed by atoms with Crippen LogP contribution >= 0.6 is 0 Å². The first kappa shape index (κ1) is 16.0. The Kier molecular flexibility index (Phi) is 3.70. The van der Waals surface area contributed by atoms with Gasteiger partial charge < -0.3 is 14.4 Å². The molecule has 0 radical (unpaired) electrons. The van der Waals surface area contributed by atoms with Crippen LogP contribution in [0.4, 0.5) is 0 Å². The minimum Gasteiger partial charge on any atom is -0.399 e. The number of rotatable bonds is 2. The van der Waals surface area contributed by atoms with Crippen LogP contribution < -0.4 is 5.46 Å². The van der Waals surface area contributed by atoms with Gasteiger partial charge in [0.1, 0.15) is 0 Å². The van der Waals surface area contributed by atoms with Gasteiger partial charge in [0.25, 0.3) is 0 Å². The van der Waals surface area contributed by atoms with E-state index in [9.17, 15) is 5.11 Å². The van der Waals surface area contributed by atoms with Gasteiger partial charge in [0.05, 0.1) is 22.8 Å². The highest BCUT2D eigenvalue weighted by atomic mass is 16.7. The third-order valence-electron chi connectivity index (χ3n) is 5.55. The predicted molar refractivity (Wildman–Crippen MR) is 86.1 cm³/mol. The van der Waals surface area contributed by atoms with E-state index in [-0.39, 0.29) is 18.3 Å². The van der Waals surface area contributed by atoms with E-state index < -0.39 is 5.60 Å². The molecule has 0 atom stereocenters. The molecule has 3 rings (SSSR count). The fourth-order valence-corrected chi connectivity index (χ4v) is 3.14. The molecule has 5 nitrogen and oxygen atoms in total. The molecule has 122 valence electrons. The van der Waals surface area contributed by atoms with Crippen LogP contribution in [0.1, 0.15) is 66.3 Å². The second-order valence-corrected chi connectivity index (χ2v) is 8.07. The molecular weight excluding hydrogens is 279 g/mol. The van der Waals surface area contributed by atoms with Crippen LogP contribution in [-0.2, 0) is 9.31 Å². The Balaban J connectivity index is 1.70. The van der Waals surface area contributed by atoms with Gasteiger partial charge in [0.2, 0.25) is 0 Å². The highest BCUT2D eigenvalue weighted by Gasteiger charge is 2.52. The molecule has 2 fully saturated rings. The SMILES string of the molecule is CC1(O)CCC(n2cc(B3OC(C)(C)C(C)(C)O3)cn2)CC1. The van der Waals surface area contributed by atoms with Crippen LogP contribution in [0.3, 0.4) is 0 Å². The normalized spacial score (nSPS) is 34.1. The molecular formula is C16H27BN2O3. The summed E-state index contributed by atoms with van der Waals surface area (Å²) in [6.45, 7) is 10.1. The summed E-state index contributed by atoms with van der Waals surface area (Å²) in [5.74, 6) is 0. The molecule has 1 aromatic heterocycles. The maximum Gasteiger partial charge on any atom is 0.498 e. The van der Waals surface area contributed by atoms with Gasteiger partial charge in [-0.25, -0.2) is 0 Å². The van der Waals surface area contributed by atoms with Gasteiger partial charge in [0.15, 0.2) is 0 Å². The molecule has 0 amide bonds. The van der Waals surface area contributed by atoms with Gasteiger partial charge in [-0.2, -0.15) is 5.10 Å². The maximum absolute atomic E-state index is 10.1. The lowest BCUT2D eigenvalue weighted by Crippen LogP contribution is -2.41. The van der Waals surface area contributed by atoms with E-state index >= 15 is 0 Å². The Hall–Kier alpha value is -0.845. The van der Waals surface area contributed by atoms with Crippen molar-refractivity contribution in [2.24, 2.45) is 0 Å². The molecule has 1 aliphatic carbocycles. The molecule has 0 aromatic carbocycles. The van der Waals surface area contributed by atoms with Crippen molar-refractivity contribution in [2.45, 2.75) is 83.1 Å². The summed E-state index contributed by atoms with van der Waals surface area (Å²) in [6, 6.07) is 0.358. The molecule has 2 heterocycles. The van der Waals surface area contributed by atoms with E-state index in [1.54, 1.807) is 0 Å². The molecule has 1 N–H and O–H groups in total. The van der Waals surface area contributed by atoms with Gasteiger partial charge in [-0.1, -0.05) is 0 Å². The summed E-state index contributed by atoms with van der Waals surface area (Å²) in [5.41, 5.74) is -0.207. The van der Waals surface area contributed by atoms with Crippen molar-refractivity contribution in [2.75, 3.05) is 0 Å². The minimum absolute atomic E-state index is 0.330. The van der Waals surface area contributed by atoms with Crippen molar-refractivity contribution in [3.05, 3.63) is 12.4 Å². The van der Waals surface area contributed by atoms with Crippen LogP contribution in [0.5, 0.6) is 0 Å². The zero-order chi connectivity index (χ0) is 16.2. The topological polar surface area (TPSA) is 56.5 Å². The quantitative estimate of drug-likeness (QED) is 0.850. The van der Waals surface area contributed by atoms with Crippen molar-refractivity contribution < 1.29 is 14.4 Å². The highest BCUT2D eigenvalue weighted by Crippen LogP contribution is 2.37. The minimum atomic E-state index is -0.516. The van der Waals surface area contributed by atoms with Crippen molar-refractivity contribution in [3.63, 3.8) is 0 Å². The van der Waals surface area contributed by atoms with Crippen LogP contribution in [-0.4, -0.2) is 38.8 Å². The summed E-state index contributed by atoms with van der Waals surface area (Å²) in [4.78, 5) is 0. The first-order valence-corrected chi connectivity index (χ1v) is 8.22. The monoisotopic (exact) mass is 306 g/mol. The van der Waals surface area contributed by atoms with E-state index in [1.807, 2.05) is 24.0 Å². The van der Waals surface area contributed by atoms with Crippen molar-refractivity contribution >= 4 is 12.6 Å². The highest BCUT2D eigenvalue weighted by molar-refractivity contribution is 6.61. The molecule has 0 unspecified atom stereocenters. The predicted octanol–water partition coefficient (Wildman–Crippen LogP) is 2.05. The average Bonchev–Trinajstić information content (AvgIpc) is 2.93. The molecule has 2 aliphatic rings. The number of hydrogen-bond donors (Lipinski definition) is 1. The summed E-state index contributed by atoms with van der Waals surface area (Å²) < 4.78 is 14.1. The molecule has 1 saturated carbocycles. The summed E-state index contributed by atoms with van der Waals surface area (Å²) in [6.07, 6.45) is 7.43. The second kappa shape index (κ2) is 5.08. The fourth-order valence-electron chi connectivity index (χ4n) is 3.14. The standard InChI is InChI=1S/C16H27BN2O3/c1-14(2)15(3,4)22-17(21-14)12-10-18-19(11-12)13-6-8-16(5,20)9-7-13/h10-11,13,20H,6-9H2,1-5H3. The number of aromatic nitrogens is 2. The Morgan fingerprint density at radius 2 is 1.68 bits per heavy atom. The molecule has 0 spiro atoms. The Morgan fingerprint density at radius 3 is 2.23 bits per heavy atom. The summed E-state index contributed by atoms with van der Waals surface area (Å²) in [7, 11) is -0.356. The number of nitrogens with zero attached hydrogens (tertiary/aromatic N) is 2. The van der Waals surface area contributed by atoms with Gasteiger partial charge in [0, 0.05) is 17.9 Å². The smallest absolute Gasteiger partial charge is 0.399 e. The molecule has 1 aliphatic heterocycles. The Labute approximate surface area is 133 Å².